The molecule has 98 valence electrons. The SMILES string of the molecule is Clc1nc(Cl)c(-c2ccccc2)nc1-c1ccccc1. The number of benzene rings is 2. The first-order valence-electron chi connectivity index (χ1n) is 6.09. The molecule has 1 aromatic heterocycles. The molecule has 0 N–H and O–H groups in total. The van der Waals surface area contributed by atoms with Crippen molar-refractivity contribution in [2.45, 2.75) is 0 Å². The van der Waals surface area contributed by atoms with Crippen LogP contribution in [0.2, 0.25) is 10.3 Å². The van der Waals surface area contributed by atoms with Crippen molar-refractivity contribution in [1.82, 2.24) is 9.97 Å². The van der Waals surface area contributed by atoms with Crippen LogP contribution in [0, 0.1) is 0 Å². The number of halogens is 2. The minimum atomic E-state index is 0.306. The second-order valence-corrected chi connectivity index (χ2v) is 4.95. The average molecular weight is 301 g/mol. The second kappa shape index (κ2) is 5.61. The van der Waals surface area contributed by atoms with E-state index in [1.165, 1.54) is 0 Å². The molecule has 0 amide bonds. The Morgan fingerprint density at radius 3 is 1.35 bits per heavy atom. The number of nitrogens with zero attached hydrogens (tertiary/aromatic N) is 2. The monoisotopic (exact) mass is 300 g/mol. The lowest BCUT2D eigenvalue weighted by atomic mass is 10.1. The highest BCUT2D eigenvalue weighted by Crippen LogP contribution is 2.31. The molecule has 0 saturated carbocycles. The molecule has 3 aromatic rings. The summed E-state index contributed by atoms with van der Waals surface area (Å²) in [7, 11) is 0. The van der Waals surface area contributed by atoms with Crippen LogP contribution >= 0.6 is 23.2 Å². The van der Waals surface area contributed by atoms with Crippen molar-refractivity contribution in [2.75, 3.05) is 0 Å². The van der Waals surface area contributed by atoms with Gasteiger partial charge in [-0.25, -0.2) is 9.97 Å². The molecule has 0 unspecified atom stereocenters. The van der Waals surface area contributed by atoms with Gasteiger partial charge in [-0.05, 0) is 0 Å². The minimum Gasteiger partial charge on any atom is -0.241 e. The second-order valence-electron chi connectivity index (χ2n) is 4.23. The van der Waals surface area contributed by atoms with Crippen molar-refractivity contribution in [2.24, 2.45) is 0 Å². The Balaban J connectivity index is 2.19. The summed E-state index contributed by atoms with van der Waals surface area (Å²) in [4.78, 5) is 8.78. The molecule has 2 aromatic carbocycles. The fourth-order valence-electron chi connectivity index (χ4n) is 1.96. The standard InChI is InChI=1S/C16H10Cl2N2/c17-15-13(11-7-3-1-4-8-11)19-14(16(18)20-15)12-9-5-2-6-10-12/h1-10H. The molecule has 1 heterocycles. The Morgan fingerprint density at radius 1 is 0.550 bits per heavy atom. The van der Waals surface area contributed by atoms with E-state index in [9.17, 15) is 0 Å². The Bertz CT molecular complexity index is 667. The highest BCUT2D eigenvalue weighted by Gasteiger charge is 2.13. The van der Waals surface area contributed by atoms with Gasteiger partial charge in [0.1, 0.15) is 11.4 Å². The van der Waals surface area contributed by atoms with E-state index in [2.05, 4.69) is 9.97 Å². The van der Waals surface area contributed by atoms with Crippen LogP contribution in [0.5, 0.6) is 0 Å². The van der Waals surface area contributed by atoms with Gasteiger partial charge in [-0.2, -0.15) is 0 Å². The fraction of sp³-hybridized carbons (Fsp3) is 0. The number of aromatic nitrogens is 2. The summed E-state index contributed by atoms with van der Waals surface area (Å²) in [6.07, 6.45) is 0. The Kier molecular flexibility index (Phi) is 3.68. The van der Waals surface area contributed by atoms with Crippen LogP contribution in [0.3, 0.4) is 0 Å². The van der Waals surface area contributed by atoms with Gasteiger partial charge < -0.3 is 0 Å². The van der Waals surface area contributed by atoms with Crippen molar-refractivity contribution in [3.05, 3.63) is 71.0 Å². The molecule has 0 fully saturated rings. The first-order chi connectivity index (χ1) is 9.75. The third-order valence-electron chi connectivity index (χ3n) is 2.91. The summed E-state index contributed by atoms with van der Waals surface area (Å²) in [5, 5.41) is 0.613. The predicted octanol–water partition coefficient (Wildman–Crippen LogP) is 5.12. The van der Waals surface area contributed by atoms with Crippen LogP contribution < -0.4 is 0 Å². The molecule has 0 aliphatic carbocycles. The first-order valence-corrected chi connectivity index (χ1v) is 6.85. The molecular formula is C16H10Cl2N2. The van der Waals surface area contributed by atoms with Crippen LogP contribution in [0.4, 0.5) is 0 Å². The van der Waals surface area contributed by atoms with Gasteiger partial charge in [0.2, 0.25) is 0 Å². The van der Waals surface area contributed by atoms with Crippen LogP contribution in [0.25, 0.3) is 22.5 Å². The molecule has 3 rings (SSSR count). The highest BCUT2D eigenvalue weighted by molar-refractivity contribution is 6.35. The van der Waals surface area contributed by atoms with Crippen LogP contribution in [0.1, 0.15) is 0 Å². The summed E-state index contributed by atoms with van der Waals surface area (Å²) in [6, 6.07) is 19.4. The zero-order chi connectivity index (χ0) is 13.9. The quantitative estimate of drug-likeness (QED) is 0.656. The molecule has 0 atom stereocenters. The average Bonchev–Trinajstić information content (AvgIpc) is 2.49. The lowest BCUT2D eigenvalue weighted by Gasteiger charge is -2.08. The van der Waals surface area contributed by atoms with E-state index in [-0.39, 0.29) is 0 Å². The lowest BCUT2D eigenvalue weighted by Crippen LogP contribution is -1.94. The van der Waals surface area contributed by atoms with Crippen LogP contribution in [-0.4, -0.2) is 9.97 Å². The van der Waals surface area contributed by atoms with Crippen LogP contribution in [0.15, 0.2) is 60.7 Å². The largest absolute Gasteiger partial charge is 0.241 e. The van der Waals surface area contributed by atoms with E-state index in [1.54, 1.807) is 0 Å². The van der Waals surface area contributed by atoms with Gasteiger partial charge in [0, 0.05) is 11.1 Å². The highest BCUT2D eigenvalue weighted by atomic mass is 35.5. The molecule has 0 saturated heterocycles. The van der Waals surface area contributed by atoms with Gasteiger partial charge in [0.15, 0.2) is 10.3 Å². The van der Waals surface area contributed by atoms with Crippen molar-refractivity contribution >= 4 is 23.2 Å². The normalized spacial score (nSPS) is 10.5. The summed E-state index contributed by atoms with van der Waals surface area (Å²) < 4.78 is 0. The third kappa shape index (κ3) is 2.53. The number of hydrogen-bond donors (Lipinski definition) is 0. The maximum atomic E-state index is 6.17. The molecular weight excluding hydrogens is 291 g/mol. The van der Waals surface area contributed by atoms with Gasteiger partial charge >= 0.3 is 0 Å². The molecule has 0 radical (unpaired) electrons. The van der Waals surface area contributed by atoms with Gasteiger partial charge in [0.25, 0.3) is 0 Å². The van der Waals surface area contributed by atoms with E-state index in [0.29, 0.717) is 21.7 Å². The van der Waals surface area contributed by atoms with E-state index in [0.717, 1.165) is 11.1 Å². The molecule has 2 nitrogen and oxygen atoms in total. The first kappa shape index (κ1) is 13.1. The summed E-state index contributed by atoms with van der Waals surface area (Å²) in [6.45, 7) is 0. The zero-order valence-corrected chi connectivity index (χ0v) is 11.9. The van der Waals surface area contributed by atoms with Gasteiger partial charge in [-0.1, -0.05) is 83.9 Å². The third-order valence-corrected chi connectivity index (χ3v) is 3.43. The fourth-order valence-corrected chi connectivity index (χ4v) is 2.47. The van der Waals surface area contributed by atoms with E-state index in [1.807, 2.05) is 60.7 Å². The lowest BCUT2D eigenvalue weighted by molar-refractivity contribution is 1.21. The molecule has 0 bridgehead atoms. The maximum Gasteiger partial charge on any atom is 0.157 e. The summed E-state index contributed by atoms with van der Waals surface area (Å²) >= 11 is 12.3. The zero-order valence-electron chi connectivity index (χ0n) is 10.4. The van der Waals surface area contributed by atoms with Crippen LogP contribution in [-0.2, 0) is 0 Å². The topological polar surface area (TPSA) is 25.8 Å². The smallest absolute Gasteiger partial charge is 0.157 e. The summed E-state index contributed by atoms with van der Waals surface area (Å²) in [5.74, 6) is 0. The van der Waals surface area contributed by atoms with E-state index >= 15 is 0 Å². The molecule has 0 aliphatic rings. The van der Waals surface area contributed by atoms with E-state index in [4.69, 9.17) is 23.2 Å². The van der Waals surface area contributed by atoms with Gasteiger partial charge in [-0.3, -0.25) is 0 Å². The Hall–Kier alpha value is -1.90. The van der Waals surface area contributed by atoms with Gasteiger partial charge in [0.05, 0.1) is 0 Å². The molecule has 4 heteroatoms. The predicted molar refractivity (Wildman–Crippen MR) is 82.9 cm³/mol. The molecule has 20 heavy (non-hydrogen) atoms. The molecule has 0 spiro atoms. The number of rotatable bonds is 2. The van der Waals surface area contributed by atoms with E-state index < -0.39 is 0 Å². The maximum absolute atomic E-state index is 6.17. The van der Waals surface area contributed by atoms with Crippen molar-refractivity contribution in [3.63, 3.8) is 0 Å². The Morgan fingerprint density at radius 2 is 0.950 bits per heavy atom. The summed E-state index contributed by atoms with van der Waals surface area (Å²) in [5.41, 5.74) is 3.10. The number of hydrogen-bond acceptors (Lipinski definition) is 2. The minimum absolute atomic E-state index is 0.306. The van der Waals surface area contributed by atoms with Crippen molar-refractivity contribution in [1.29, 1.82) is 0 Å². The van der Waals surface area contributed by atoms with Gasteiger partial charge in [-0.15, -0.1) is 0 Å². The van der Waals surface area contributed by atoms with Crippen molar-refractivity contribution < 1.29 is 0 Å². The molecule has 0 aliphatic heterocycles. The Labute approximate surface area is 127 Å². The van der Waals surface area contributed by atoms with Crippen molar-refractivity contribution in [3.8, 4) is 22.5 Å².